The van der Waals surface area contributed by atoms with Crippen LogP contribution in [0, 0.1) is 0 Å². The zero-order valence-electron chi connectivity index (χ0n) is 18.0. The van der Waals surface area contributed by atoms with Crippen LogP contribution >= 0.6 is 11.8 Å². The number of carbonyl (C=O) groups excluding carboxylic acids is 2. The Balaban J connectivity index is 1.60. The summed E-state index contributed by atoms with van der Waals surface area (Å²) in [6.45, 7) is 7.98. The largest absolute Gasteiger partial charge is 0.339 e. The summed E-state index contributed by atoms with van der Waals surface area (Å²) >= 11 is 1.35. The molecule has 0 fully saturated rings. The summed E-state index contributed by atoms with van der Waals surface area (Å²) in [5.41, 5.74) is 2.26. The first-order valence-corrected chi connectivity index (χ1v) is 11.4. The number of thioether (sulfide) groups is 1. The molecule has 0 aliphatic rings. The van der Waals surface area contributed by atoms with Gasteiger partial charge in [0, 0.05) is 36.4 Å². The van der Waals surface area contributed by atoms with Gasteiger partial charge in [-0.2, -0.15) is 0 Å². The summed E-state index contributed by atoms with van der Waals surface area (Å²) in [4.78, 5) is 26.6. The van der Waals surface area contributed by atoms with Crippen molar-refractivity contribution < 1.29 is 9.59 Å². The normalized spacial score (nSPS) is 10.7. The first-order chi connectivity index (χ1) is 15.1. The first-order valence-electron chi connectivity index (χ1n) is 10.4. The van der Waals surface area contributed by atoms with Crippen molar-refractivity contribution in [3.05, 3.63) is 60.2 Å². The van der Waals surface area contributed by atoms with E-state index in [2.05, 4.69) is 15.5 Å². The van der Waals surface area contributed by atoms with E-state index in [1.54, 1.807) is 29.2 Å². The van der Waals surface area contributed by atoms with Gasteiger partial charge in [-0.3, -0.25) is 9.59 Å². The Kier molecular flexibility index (Phi) is 7.83. The minimum Gasteiger partial charge on any atom is -0.339 e. The molecule has 0 atom stereocenters. The molecule has 0 radical (unpaired) electrons. The predicted octanol–water partition coefficient (Wildman–Crippen LogP) is 4.18. The van der Waals surface area contributed by atoms with Gasteiger partial charge >= 0.3 is 0 Å². The van der Waals surface area contributed by atoms with Gasteiger partial charge < -0.3 is 14.8 Å². The van der Waals surface area contributed by atoms with Gasteiger partial charge in [0.1, 0.15) is 0 Å². The molecule has 0 saturated heterocycles. The molecule has 0 aliphatic carbocycles. The summed E-state index contributed by atoms with van der Waals surface area (Å²) in [5.74, 6) is 0.860. The molecule has 162 valence electrons. The molecule has 0 aliphatic heterocycles. The fourth-order valence-corrected chi connectivity index (χ4v) is 4.00. The summed E-state index contributed by atoms with van der Waals surface area (Å²) in [6.07, 6.45) is 0. The van der Waals surface area contributed by atoms with Gasteiger partial charge in [-0.15, -0.1) is 10.2 Å². The van der Waals surface area contributed by atoms with Crippen molar-refractivity contribution in [2.45, 2.75) is 32.5 Å². The van der Waals surface area contributed by atoms with E-state index >= 15 is 0 Å². The van der Waals surface area contributed by atoms with Crippen molar-refractivity contribution in [1.29, 1.82) is 0 Å². The van der Waals surface area contributed by atoms with Crippen LogP contribution in [0.15, 0.2) is 59.8 Å². The lowest BCUT2D eigenvalue weighted by Gasteiger charge is -2.18. The zero-order valence-corrected chi connectivity index (χ0v) is 18.9. The number of rotatable bonds is 9. The highest BCUT2D eigenvalue weighted by Crippen LogP contribution is 2.24. The second-order valence-corrected chi connectivity index (χ2v) is 7.75. The Morgan fingerprint density at radius 1 is 0.968 bits per heavy atom. The number of benzene rings is 2. The Morgan fingerprint density at radius 3 is 2.26 bits per heavy atom. The van der Waals surface area contributed by atoms with Crippen molar-refractivity contribution in [1.82, 2.24) is 19.7 Å². The Bertz CT molecular complexity index is 1010. The van der Waals surface area contributed by atoms with Gasteiger partial charge in [-0.1, -0.05) is 42.1 Å². The number of anilines is 1. The quantitative estimate of drug-likeness (QED) is 0.508. The van der Waals surface area contributed by atoms with Crippen molar-refractivity contribution in [2.75, 3.05) is 24.2 Å². The molecule has 0 unspecified atom stereocenters. The molecule has 1 aromatic heterocycles. The predicted molar refractivity (Wildman–Crippen MR) is 124 cm³/mol. The molecule has 2 amide bonds. The van der Waals surface area contributed by atoms with Crippen LogP contribution in [0.1, 0.15) is 31.1 Å². The molecule has 1 N–H and O–H groups in total. The van der Waals surface area contributed by atoms with E-state index in [1.807, 2.05) is 55.7 Å². The van der Waals surface area contributed by atoms with Crippen LogP contribution in [-0.4, -0.2) is 50.3 Å². The van der Waals surface area contributed by atoms with Crippen LogP contribution in [0.4, 0.5) is 5.69 Å². The summed E-state index contributed by atoms with van der Waals surface area (Å²) in [6, 6.07) is 16.9. The van der Waals surface area contributed by atoms with Crippen molar-refractivity contribution in [3.8, 4) is 11.4 Å². The maximum absolute atomic E-state index is 12.4. The Labute approximate surface area is 186 Å². The number of aromatic nitrogens is 3. The molecule has 1 heterocycles. The number of nitrogens with one attached hydrogen (secondary N) is 1. The monoisotopic (exact) mass is 437 g/mol. The van der Waals surface area contributed by atoms with Crippen molar-refractivity contribution in [2.24, 2.45) is 0 Å². The van der Waals surface area contributed by atoms with Crippen molar-refractivity contribution >= 4 is 29.3 Å². The topological polar surface area (TPSA) is 80.1 Å². The Hall–Kier alpha value is -3.13. The van der Waals surface area contributed by atoms with E-state index in [4.69, 9.17) is 0 Å². The van der Waals surface area contributed by atoms with Gasteiger partial charge in [0.05, 0.1) is 5.75 Å². The maximum atomic E-state index is 12.4. The highest BCUT2D eigenvalue weighted by Gasteiger charge is 2.15. The summed E-state index contributed by atoms with van der Waals surface area (Å²) < 4.78 is 2.00. The smallest absolute Gasteiger partial charge is 0.253 e. The third-order valence-electron chi connectivity index (χ3n) is 4.86. The molecule has 3 rings (SSSR count). The third-order valence-corrected chi connectivity index (χ3v) is 5.83. The standard InChI is InChI=1S/C23H27N5O2S/c1-4-27(5-2)22(30)18-12-14-19(15-13-18)24-20(29)16-31-23-26-25-21(28(23)6-3)17-10-8-7-9-11-17/h7-15H,4-6,16H2,1-3H3,(H,24,29). The SMILES string of the molecule is CCN(CC)C(=O)c1ccc(NC(=O)CSc2nnc(-c3ccccc3)n2CC)cc1. The zero-order chi connectivity index (χ0) is 22.2. The van der Waals surface area contributed by atoms with Crippen LogP contribution in [0.5, 0.6) is 0 Å². The van der Waals surface area contributed by atoms with E-state index in [0.717, 1.165) is 11.4 Å². The second kappa shape index (κ2) is 10.8. The average Bonchev–Trinajstić information content (AvgIpc) is 3.22. The van der Waals surface area contributed by atoms with E-state index < -0.39 is 0 Å². The Morgan fingerprint density at radius 2 is 1.65 bits per heavy atom. The van der Waals surface area contributed by atoms with Crippen LogP contribution in [0.3, 0.4) is 0 Å². The second-order valence-electron chi connectivity index (χ2n) is 6.81. The van der Waals surface area contributed by atoms with Crippen LogP contribution in [0.2, 0.25) is 0 Å². The molecular formula is C23H27N5O2S. The number of amides is 2. The molecule has 3 aromatic rings. The van der Waals surface area contributed by atoms with E-state index in [9.17, 15) is 9.59 Å². The number of nitrogens with zero attached hydrogens (tertiary/aromatic N) is 4. The molecule has 31 heavy (non-hydrogen) atoms. The molecule has 0 saturated carbocycles. The molecule has 0 spiro atoms. The summed E-state index contributed by atoms with van der Waals surface area (Å²) in [7, 11) is 0. The van der Waals surface area contributed by atoms with Gasteiger partial charge in [0.2, 0.25) is 5.91 Å². The lowest BCUT2D eigenvalue weighted by Crippen LogP contribution is -2.30. The van der Waals surface area contributed by atoms with Crippen LogP contribution in [-0.2, 0) is 11.3 Å². The molecule has 2 aromatic carbocycles. The fraction of sp³-hybridized carbons (Fsp3) is 0.304. The molecular weight excluding hydrogens is 410 g/mol. The molecule has 8 heteroatoms. The van der Waals surface area contributed by atoms with Gasteiger partial charge in [-0.25, -0.2) is 0 Å². The molecule has 7 nitrogen and oxygen atoms in total. The van der Waals surface area contributed by atoms with Crippen LogP contribution < -0.4 is 5.32 Å². The first kappa shape index (κ1) is 22.6. The van der Waals surface area contributed by atoms with E-state index in [-0.39, 0.29) is 17.6 Å². The van der Waals surface area contributed by atoms with E-state index in [1.165, 1.54) is 11.8 Å². The number of hydrogen-bond donors (Lipinski definition) is 1. The highest BCUT2D eigenvalue weighted by molar-refractivity contribution is 7.99. The lowest BCUT2D eigenvalue weighted by atomic mass is 10.2. The highest BCUT2D eigenvalue weighted by atomic mass is 32.2. The van der Waals surface area contributed by atoms with Gasteiger partial charge in [0.25, 0.3) is 5.91 Å². The van der Waals surface area contributed by atoms with E-state index in [0.29, 0.717) is 36.0 Å². The minimum absolute atomic E-state index is 0.00782. The third kappa shape index (κ3) is 5.52. The maximum Gasteiger partial charge on any atom is 0.253 e. The van der Waals surface area contributed by atoms with Gasteiger partial charge in [0.15, 0.2) is 11.0 Å². The lowest BCUT2D eigenvalue weighted by molar-refractivity contribution is -0.113. The van der Waals surface area contributed by atoms with Gasteiger partial charge in [-0.05, 0) is 45.0 Å². The summed E-state index contributed by atoms with van der Waals surface area (Å²) in [5, 5.41) is 12.1. The molecule has 0 bridgehead atoms. The number of hydrogen-bond acceptors (Lipinski definition) is 5. The van der Waals surface area contributed by atoms with Crippen LogP contribution in [0.25, 0.3) is 11.4 Å². The minimum atomic E-state index is -0.139. The fourth-order valence-electron chi connectivity index (χ4n) is 3.20. The number of carbonyl (C=O) groups is 2. The average molecular weight is 438 g/mol. The van der Waals surface area contributed by atoms with Crippen molar-refractivity contribution in [3.63, 3.8) is 0 Å².